The number of carbonyl (C=O) groups is 1. The molecule has 0 radical (unpaired) electrons. The molecule has 0 aromatic carbocycles. The summed E-state index contributed by atoms with van der Waals surface area (Å²) in [6.07, 6.45) is 0. The van der Waals surface area contributed by atoms with Crippen LogP contribution < -0.4 is 5.48 Å². The molecule has 0 aromatic heterocycles. The molecule has 0 unspecified atom stereocenters. The normalized spacial score (nSPS) is 28.9. The number of amides is 2. The summed E-state index contributed by atoms with van der Waals surface area (Å²) in [5.74, 6) is 0. The van der Waals surface area contributed by atoms with E-state index in [1.54, 1.807) is 5.48 Å². The van der Waals surface area contributed by atoms with Crippen molar-refractivity contribution in [2.75, 3.05) is 0 Å². The third-order valence-corrected chi connectivity index (χ3v) is 1.77. The van der Waals surface area contributed by atoms with E-state index in [0.29, 0.717) is 5.23 Å². The zero-order chi connectivity index (χ0) is 6.48. The number of hydrogen-bond acceptors (Lipinski definition) is 5. The summed E-state index contributed by atoms with van der Waals surface area (Å²) < 4.78 is 23.1. The Morgan fingerprint density at radius 1 is 1.56 bits per heavy atom. The smallest absolute Gasteiger partial charge is 0.241 e. The van der Waals surface area contributed by atoms with Gasteiger partial charge in [0.25, 0.3) is 0 Å². The third-order valence-electron chi connectivity index (χ3n) is 0.759. The first-order chi connectivity index (χ1) is 4.20. The predicted molar refractivity (Wildman–Crippen MR) is 21.2 cm³/mol. The summed E-state index contributed by atoms with van der Waals surface area (Å²) in [6, 6.07) is -0.729. The number of hydroxylamine groups is 3. The maximum absolute atomic E-state index is 10.5. The molecule has 0 saturated carbocycles. The van der Waals surface area contributed by atoms with Crippen LogP contribution in [0.15, 0.2) is 0 Å². The van der Waals surface area contributed by atoms with E-state index in [4.69, 9.17) is 0 Å². The fraction of sp³-hybridized carbons (Fsp3) is 0. The Kier molecular flexibility index (Phi) is 0.732. The number of rotatable bonds is 0. The van der Waals surface area contributed by atoms with Crippen LogP contribution in [0.5, 0.6) is 0 Å². The molecule has 3 rings (SSSR count). The number of phosphoric acid groups is 1. The van der Waals surface area contributed by atoms with Crippen LogP contribution in [0.4, 0.5) is 4.79 Å². The van der Waals surface area contributed by atoms with Gasteiger partial charge in [0.2, 0.25) is 0 Å². The highest BCUT2D eigenvalue weighted by Gasteiger charge is 2.54. The van der Waals surface area contributed by atoms with Gasteiger partial charge in [0.15, 0.2) is 0 Å². The van der Waals surface area contributed by atoms with Crippen molar-refractivity contribution < 1.29 is 23.2 Å². The number of carbonyl (C=O) groups excluding carboxylic acids is 1. The van der Waals surface area contributed by atoms with E-state index >= 15 is 0 Å². The van der Waals surface area contributed by atoms with Gasteiger partial charge in [-0.15, -0.1) is 9.25 Å². The molecule has 1 N–H and O–H groups in total. The highest BCUT2D eigenvalue weighted by molar-refractivity contribution is 7.49. The van der Waals surface area contributed by atoms with Crippen LogP contribution in [0.25, 0.3) is 0 Å². The molecule has 50 valence electrons. The van der Waals surface area contributed by atoms with Gasteiger partial charge in [-0.2, -0.15) is 4.62 Å². The number of urea groups is 1. The van der Waals surface area contributed by atoms with E-state index in [2.05, 4.69) is 13.9 Å². The Balaban J connectivity index is 2.22. The second-order valence-electron chi connectivity index (χ2n) is 1.37. The summed E-state index contributed by atoms with van der Waals surface area (Å²) >= 11 is 0. The van der Waals surface area contributed by atoms with Gasteiger partial charge in [0, 0.05) is 0 Å². The van der Waals surface area contributed by atoms with E-state index in [9.17, 15) is 9.36 Å². The molecule has 3 saturated heterocycles. The van der Waals surface area contributed by atoms with Crippen molar-refractivity contribution in [3.8, 4) is 0 Å². The van der Waals surface area contributed by atoms with Gasteiger partial charge < -0.3 is 0 Å². The van der Waals surface area contributed by atoms with Gasteiger partial charge in [0.05, 0.1) is 0 Å². The fourth-order valence-corrected chi connectivity index (χ4v) is 1.21. The first-order valence-electron chi connectivity index (χ1n) is 1.98. The maximum atomic E-state index is 10.5. The minimum Gasteiger partial charge on any atom is -0.241 e. The summed E-state index contributed by atoms with van der Waals surface area (Å²) in [6.45, 7) is 0. The topological polar surface area (TPSA) is 77.1 Å². The number of nitrogens with one attached hydrogen (secondary N) is 1. The molecule has 0 aliphatic carbocycles. The van der Waals surface area contributed by atoms with E-state index in [-0.39, 0.29) is 0 Å². The quantitative estimate of drug-likeness (QED) is 0.491. The average molecular weight is 152 g/mol. The van der Waals surface area contributed by atoms with Crippen molar-refractivity contribution in [1.82, 2.24) is 10.7 Å². The standard InChI is InChI=1S/CHN2O5P/c4-1-2-6-9(5)7-3(1)8-9/h(H,2,4). The lowest BCUT2D eigenvalue weighted by atomic mass is 11.1. The van der Waals surface area contributed by atoms with Crippen molar-refractivity contribution in [2.45, 2.75) is 0 Å². The molecule has 3 fully saturated rings. The Morgan fingerprint density at radius 2 is 2.22 bits per heavy atom. The van der Waals surface area contributed by atoms with Crippen LogP contribution in [0, 0.1) is 0 Å². The molecular weight excluding hydrogens is 151 g/mol. The van der Waals surface area contributed by atoms with Crippen LogP contribution in [0.1, 0.15) is 0 Å². The SMILES string of the molecule is O=C1NOP2(=O)ON1O2. The van der Waals surface area contributed by atoms with Gasteiger partial charge in [-0.05, 0) is 5.23 Å². The molecular formula is CHN2O5P. The molecule has 2 bridgehead atoms. The lowest BCUT2D eigenvalue weighted by Crippen LogP contribution is -2.51. The van der Waals surface area contributed by atoms with Crippen molar-refractivity contribution in [3.05, 3.63) is 0 Å². The summed E-state index contributed by atoms with van der Waals surface area (Å²) in [5.41, 5.74) is 1.80. The second-order valence-corrected chi connectivity index (χ2v) is 2.77. The third kappa shape index (κ3) is 0.569. The minimum atomic E-state index is -3.39. The van der Waals surface area contributed by atoms with E-state index < -0.39 is 13.9 Å². The molecule has 0 atom stereocenters. The van der Waals surface area contributed by atoms with Crippen molar-refractivity contribution in [3.63, 3.8) is 0 Å². The fourth-order valence-electron chi connectivity index (χ4n) is 0.427. The molecule has 2 amide bonds. The number of nitrogens with zero attached hydrogens (tertiary/aromatic N) is 1. The van der Waals surface area contributed by atoms with Gasteiger partial charge in [-0.3, -0.25) is 0 Å². The Hall–Kier alpha value is -0.620. The largest absolute Gasteiger partial charge is 0.544 e. The van der Waals surface area contributed by atoms with Crippen LogP contribution >= 0.6 is 7.82 Å². The van der Waals surface area contributed by atoms with E-state index in [0.717, 1.165) is 0 Å². The average Bonchev–Trinajstić information content (AvgIpc) is 1.73. The maximum Gasteiger partial charge on any atom is 0.544 e. The van der Waals surface area contributed by atoms with Crippen LogP contribution in [-0.2, 0) is 18.4 Å². The Labute approximate surface area is 49.0 Å². The van der Waals surface area contributed by atoms with Crippen molar-refractivity contribution in [1.29, 1.82) is 0 Å². The summed E-state index contributed by atoms with van der Waals surface area (Å²) in [4.78, 5) is 10.3. The summed E-state index contributed by atoms with van der Waals surface area (Å²) in [5, 5.41) is 0.449. The Morgan fingerprint density at radius 3 is 2.56 bits per heavy atom. The van der Waals surface area contributed by atoms with Crippen LogP contribution in [0.2, 0.25) is 0 Å². The zero-order valence-electron chi connectivity index (χ0n) is 3.94. The summed E-state index contributed by atoms with van der Waals surface area (Å²) in [7, 11) is -3.39. The molecule has 0 spiro atoms. The molecule has 8 heteroatoms. The molecule has 0 aromatic rings. The molecule has 7 nitrogen and oxygen atoms in total. The second kappa shape index (κ2) is 1.27. The first kappa shape index (κ1) is 5.19. The van der Waals surface area contributed by atoms with Crippen LogP contribution in [0.3, 0.4) is 0 Å². The molecule has 9 heavy (non-hydrogen) atoms. The van der Waals surface area contributed by atoms with Crippen LogP contribution in [-0.4, -0.2) is 11.3 Å². The molecule has 3 aliphatic heterocycles. The highest BCUT2D eigenvalue weighted by atomic mass is 31.2. The number of hydrogen-bond donors (Lipinski definition) is 1. The Bertz CT molecular complexity index is 195. The van der Waals surface area contributed by atoms with E-state index in [1.807, 2.05) is 0 Å². The predicted octanol–water partition coefficient (Wildman–Crippen LogP) is -0.0719. The highest BCUT2D eigenvalue weighted by Crippen LogP contribution is 2.60. The number of fused-ring (bicyclic) bond motifs is 2. The minimum absolute atomic E-state index is 0.449. The van der Waals surface area contributed by atoms with Gasteiger partial charge in [-0.25, -0.2) is 14.8 Å². The van der Waals surface area contributed by atoms with Crippen molar-refractivity contribution >= 4 is 13.9 Å². The van der Waals surface area contributed by atoms with Gasteiger partial charge >= 0.3 is 13.9 Å². The zero-order valence-corrected chi connectivity index (χ0v) is 4.83. The van der Waals surface area contributed by atoms with Gasteiger partial charge in [0.1, 0.15) is 0 Å². The van der Waals surface area contributed by atoms with Gasteiger partial charge in [-0.1, -0.05) is 0 Å². The molecule has 3 aliphatic rings. The lowest BCUT2D eigenvalue weighted by Gasteiger charge is -2.36. The monoisotopic (exact) mass is 152 g/mol. The molecule has 3 heterocycles. The van der Waals surface area contributed by atoms with Crippen molar-refractivity contribution in [2.24, 2.45) is 0 Å². The van der Waals surface area contributed by atoms with E-state index in [1.165, 1.54) is 0 Å². The lowest BCUT2D eigenvalue weighted by molar-refractivity contribution is -0.334. The first-order valence-corrected chi connectivity index (χ1v) is 3.44.